The first-order valence-corrected chi connectivity index (χ1v) is 11.3. The Morgan fingerprint density at radius 3 is 2.38 bits per heavy atom. The van der Waals surface area contributed by atoms with Gasteiger partial charge in [-0.1, -0.05) is 36.4 Å². The van der Waals surface area contributed by atoms with Gasteiger partial charge in [-0.15, -0.1) is 0 Å². The van der Waals surface area contributed by atoms with Crippen LogP contribution in [0.3, 0.4) is 0 Å². The number of piperidine rings is 1. The minimum absolute atomic E-state index is 0.0140. The van der Waals surface area contributed by atoms with Crippen LogP contribution in [0, 0.1) is 0 Å². The van der Waals surface area contributed by atoms with Gasteiger partial charge in [-0.05, 0) is 54.2 Å². The first kappa shape index (κ1) is 22.4. The van der Waals surface area contributed by atoms with E-state index in [1.54, 1.807) is 7.11 Å². The van der Waals surface area contributed by atoms with Crippen LogP contribution < -0.4 is 4.74 Å². The van der Waals surface area contributed by atoms with E-state index in [9.17, 15) is 9.90 Å². The molecule has 0 spiro atoms. The lowest BCUT2D eigenvalue weighted by Crippen LogP contribution is -2.39. The van der Waals surface area contributed by atoms with E-state index in [4.69, 9.17) is 14.2 Å². The van der Waals surface area contributed by atoms with Crippen molar-refractivity contribution in [2.45, 2.75) is 51.1 Å². The maximum absolute atomic E-state index is 13.2. The molecule has 4 rings (SSSR count). The van der Waals surface area contributed by atoms with Crippen molar-refractivity contribution < 1.29 is 24.1 Å². The molecule has 2 atom stereocenters. The molecule has 2 aliphatic heterocycles. The molecule has 0 saturated carbocycles. The number of methoxy groups -OCH3 is 1. The smallest absolute Gasteiger partial charge is 0.288 e. The summed E-state index contributed by atoms with van der Waals surface area (Å²) < 4.78 is 17.4. The van der Waals surface area contributed by atoms with Crippen LogP contribution in [-0.4, -0.2) is 42.4 Å². The van der Waals surface area contributed by atoms with E-state index in [0.717, 1.165) is 48.4 Å². The van der Waals surface area contributed by atoms with Crippen LogP contribution >= 0.6 is 0 Å². The van der Waals surface area contributed by atoms with Crippen LogP contribution in [0.5, 0.6) is 5.75 Å². The van der Waals surface area contributed by atoms with Gasteiger partial charge < -0.3 is 24.2 Å². The maximum atomic E-state index is 13.2. The van der Waals surface area contributed by atoms with Crippen molar-refractivity contribution in [3.05, 3.63) is 77.1 Å². The predicted molar refractivity (Wildman–Crippen MR) is 121 cm³/mol. The number of aliphatic hydroxyl groups is 1. The van der Waals surface area contributed by atoms with Crippen molar-refractivity contribution in [2.24, 2.45) is 0 Å². The van der Waals surface area contributed by atoms with Crippen molar-refractivity contribution in [2.75, 3.05) is 20.2 Å². The fourth-order valence-corrected chi connectivity index (χ4v) is 4.18. The molecule has 1 saturated heterocycles. The molecule has 2 aromatic rings. The number of hydrogen-bond acceptors (Lipinski definition) is 5. The Hall–Kier alpha value is -2.83. The highest BCUT2D eigenvalue weighted by Gasteiger charge is 2.31. The first-order valence-electron chi connectivity index (χ1n) is 11.3. The number of likely N-dealkylation sites (tertiary alicyclic amines) is 1. The minimum Gasteiger partial charge on any atom is -0.497 e. The Bertz CT molecular complexity index is 916. The van der Waals surface area contributed by atoms with Crippen molar-refractivity contribution in [3.63, 3.8) is 0 Å². The van der Waals surface area contributed by atoms with Crippen molar-refractivity contribution in [3.8, 4) is 5.75 Å². The molecule has 2 aromatic carbocycles. The molecule has 0 aliphatic carbocycles. The topological polar surface area (TPSA) is 68.2 Å². The molecule has 1 amide bonds. The van der Waals surface area contributed by atoms with Crippen LogP contribution in [0.15, 0.2) is 60.4 Å². The van der Waals surface area contributed by atoms with Gasteiger partial charge in [0.05, 0.1) is 20.3 Å². The average Bonchev–Trinajstić information content (AvgIpc) is 2.87. The van der Waals surface area contributed by atoms with Crippen LogP contribution in [0.4, 0.5) is 0 Å². The summed E-state index contributed by atoms with van der Waals surface area (Å²) in [5.41, 5.74) is 2.95. The maximum Gasteiger partial charge on any atom is 0.288 e. The third kappa shape index (κ3) is 5.50. The van der Waals surface area contributed by atoms with Gasteiger partial charge in [0.25, 0.3) is 5.91 Å². The second-order valence-electron chi connectivity index (χ2n) is 8.33. The molecule has 0 radical (unpaired) electrons. The molecule has 2 aliphatic rings. The zero-order chi connectivity index (χ0) is 22.3. The fraction of sp³-hybridized carbons (Fsp3) is 0.423. The highest BCUT2D eigenvalue weighted by Crippen LogP contribution is 2.33. The van der Waals surface area contributed by atoms with Gasteiger partial charge in [0.15, 0.2) is 5.76 Å². The van der Waals surface area contributed by atoms with Crippen LogP contribution in [0.2, 0.25) is 0 Å². The SMILES string of the molecule is COc1ccc([C@H]2C=C(C(=O)N3CCCCC3)O[C@@H](OCc3ccc(CO)cc3)C2)cc1. The minimum atomic E-state index is -0.520. The average molecular weight is 438 g/mol. The second kappa shape index (κ2) is 10.7. The Balaban J connectivity index is 1.50. The fourth-order valence-electron chi connectivity index (χ4n) is 4.18. The number of rotatable bonds is 7. The van der Waals surface area contributed by atoms with E-state index in [1.807, 2.05) is 59.5 Å². The van der Waals surface area contributed by atoms with E-state index < -0.39 is 6.29 Å². The number of hydrogen-bond donors (Lipinski definition) is 1. The van der Waals surface area contributed by atoms with Crippen LogP contribution in [0.1, 0.15) is 48.3 Å². The second-order valence-corrected chi connectivity index (χ2v) is 8.33. The highest BCUT2D eigenvalue weighted by molar-refractivity contribution is 5.91. The summed E-state index contributed by atoms with van der Waals surface area (Å²) in [4.78, 5) is 15.0. The number of amides is 1. The van der Waals surface area contributed by atoms with Crippen LogP contribution in [-0.2, 0) is 27.5 Å². The lowest BCUT2D eigenvalue weighted by atomic mass is 9.92. The van der Waals surface area contributed by atoms with Crippen molar-refractivity contribution in [1.29, 1.82) is 0 Å². The molecule has 6 heteroatoms. The number of aliphatic hydroxyl groups excluding tert-OH is 1. The predicted octanol–water partition coefficient (Wildman–Crippen LogP) is 4.13. The van der Waals surface area contributed by atoms with E-state index in [-0.39, 0.29) is 18.4 Å². The monoisotopic (exact) mass is 437 g/mol. The molecule has 1 N–H and O–H groups in total. The van der Waals surface area contributed by atoms with E-state index in [1.165, 1.54) is 6.42 Å². The van der Waals surface area contributed by atoms with E-state index in [2.05, 4.69) is 0 Å². The summed E-state index contributed by atoms with van der Waals surface area (Å²) in [6.45, 7) is 1.94. The Kier molecular flexibility index (Phi) is 7.45. The zero-order valence-electron chi connectivity index (χ0n) is 18.5. The lowest BCUT2D eigenvalue weighted by molar-refractivity contribution is -0.156. The molecular weight excluding hydrogens is 406 g/mol. The first-order chi connectivity index (χ1) is 15.7. The van der Waals surface area contributed by atoms with Crippen molar-refractivity contribution in [1.82, 2.24) is 4.90 Å². The molecule has 170 valence electrons. The van der Waals surface area contributed by atoms with E-state index >= 15 is 0 Å². The number of carbonyl (C=O) groups is 1. The third-order valence-corrected chi connectivity index (χ3v) is 6.10. The Morgan fingerprint density at radius 2 is 1.72 bits per heavy atom. The molecule has 6 nitrogen and oxygen atoms in total. The third-order valence-electron chi connectivity index (χ3n) is 6.10. The van der Waals surface area contributed by atoms with Gasteiger partial charge in [0.1, 0.15) is 5.75 Å². The summed E-state index contributed by atoms with van der Waals surface area (Å²) in [6, 6.07) is 15.6. The molecule has 1 fully saturated rings. The number of ether oxygens (including phenoxy) is 3. The van der Waals surface area contributed by atoms with Crippen molar-refractivity contribution >= 4 is 5.91 Å². The van der Waals surface area contributed by atoms with Gasteiger partial charge in [-0.2, -0.15) is 0 Å². The summed E-state index contributed by atoms with van der Waals surface area (Å²) >= 11 is 0. The summed E-state index contributed by atoms with van der Waals surface area (Å²) in [6.07, 6.45) is 5.27. The molecule has 0 bridgehead atoms. The van der Waals surface area contributed by atoms with E-state index in [0.29, 0.717) is 18.8 Å². The Morgan fingerprint density at radius 1 is 1.03 bits per heavy atom. The van der Waals surface area contributed by atoms with Gasteiger partial charge in [-0.3, -0.25) is 4.79 Å². The number of benzene rings is 2. The number of carbonyl (C=O) groups excluding carboxylic acids is 1. The Labute approximate surface area is 189 Å². The molecule has 2 heterocycles. The van der Waals surface area contributed by atoms with Gasteiger partial charge in [0, 0.05) is 25.4 Å². The lowest BCUT2D eigenvalue weighted by Gasteiger charge is -2.33. The zero-order valence-corrected chi connectivity index (χ0v) is 18.5. The normalized spacial score (nSPS) is 20.9. The van der Waals surface area contributed by atoms with Gasteiger partial charge in [-0.25, -0.2) is 0 Å². The molecule has 32 heavy (non-hydrogen) atoms. The summed E-state index contributed by atoms with van der Waals surface area (Å²) in [5, 5.41) is 9.22. The molecule has 0 aromatic heterocycles. The standard InChI is InChI=1S/C26H31NO5/c1-30-23-11-9-21(10-12-23)22-15-24(26(29)27-13-3-2-4-14-27)32-25(16-22)31-18-20-7-5-19(17-28)6-8-20/h5-12,15,22,25,28H,2-4,13-14,16-18H2,1H3/t22-,25+/m0/s1. The molecule has 0 unspecified atom stereocenters. The highest BCUT2D eigenvalue weighted by atomic mass is 16.7. The van der Waals surface area contributed by atoms with Gasteiger partial charge >= 0.3 is 0 Å². The largest absolute Gasteiger partial charge is 0.497 e. The van der Waals surface area contributed by atoms with Crippen LogP contribution in [0.25, 0.3) is 0 Å². The van der Waals surface area contributed by atoms with Gasteiger partial charge in [0.2, 0.25) is 6.29 Å². The quantitative estimate of drug-likeness (QED) is 0.705. The summed E-state index contributed by atoms with van der Waals surface area (Å²) in [7, 11) is 1.65. The number of nitrogens with zero attached hydrogens (tertiary/aromatic N) is 1. The summed E-state index contributed by atoms with van der Waals surface area (Å²) in [5.74, 6) is 1.14. The number of allylic oxidation sites excluding steroid dienone is 1. The molecular formula is C26H31NO5.